The second-order valence-corrected chi connectivity index (χ2v) is 8.24. The van der Waals surface area contributed by atoms with Gasteiger partial charge < -0.3 is 5.11 Å². The largest absolute Gasteiger partial charge is 0.507 e. The summed E-state index contributed by atoms with van der Waals surface area (Å²) in [6.45, 7) is 8.72. The van der Waals surface area contributed by atoms with E-state index in [2.05, 4.69) is 27.7 Å². The van der Waals surface area contributed by atoms with E-state index >= 15 is 0 Å². The van der Waals surface area contributed by atoms with E-state index in [0.29, 0.717) is 16.1 Å². The Morgan fingerprint density at radius 1 is 0.913 bits per heavy atom. The van der Waals surface area contributed by atoms with E-state index in [-0.39, 0.29) is 22.4 Å². The molecule has 0 aliphatic heterocycles. The molecule has 0 radical (unpaired) electrons. The molecule has 0 atom stereocenters. The summed E-state index contributed by atoms with van der Waals surface area (Å²) in [6.07, 6.45) is 2.09. The summed E-state index contributed by atoms with van der Waals surface area (Å²) in [6, 6.07) is 8.26. The van der Waals surface area contributed by atoms with Gasteiger partial charge in [-0.3, -0.25) is 0 Å². The number of benzene rings is 2. The number of fused-ring (bicyclic) bond motifs is 1. The number of hydrogen-bond donors (Lipinski definition) is 1. The molecule has 122 valence electrons. The fourth-order valence-corrected chi connectivity index (χ4v) is 3.69. The maximum atomic E-state index is 14.8. The van der Waals surface area contributed by atoms with Crippen LogP contribution in [0.1, 0.15) is 51.7 Å². The molecule has 2 aromatic rings. The van der Waals surface area contributed by atoms with Crippen molar-refractivity contribution in [2.45, 2.75) is 51.4 Å². The molecule has 1 N–H and O–H groups in total. The van der Waals surface area contributed by atoms with E-state index in [0.717, 1.165) is 24.0 Å². The van der Waals surface area contributed by atoms with Gasteiger partial charge >= 0.3 is 0 Å². The van der Waals surface area contributed by atoms with Crippen LogP contribution in [0, 0.1) is 5.82 Å². The van der Waals surface area contributed by atoms with Crippen molar-refractivity contribution < 1.29 is 9.50 Å². The molecule has 3 heteroatoms. The summed E-state index contributed by atoms with van der Waals surface area (Å²) in [5.74, 6) is -0.270. The maximum absolute atomic E-state index is 14.8. The lowest BCUT2D eigenvalue weighted by atomic mass is 9.63. The molecule has 0 unspecified atom stereocenters. The van der Waals surface area contributed by atoms with Crippen LogP contribution in [0.2, 0.25) is 5.02 Å². The highest BCUT2D eigenvalue weighted by atomic mass is 35.5. The van der Waals surface area contributed by atoms with Crippen molar-refractivity contribution in [3.8, 4) is 16.9 Å². The third-order valence-electron chi connectivity index (χ3n) is 5.19. The van der Waals surface area contributed by atoms with Gasteiger partial charge in [0.25, 0.3) is 0 Å². The van der Waals surface area contributed by atoms with Gasteiger partial charge in [-0.15, -0.1) is 0 Å². The molecule has 0 heterocycles. The van der Waals surface area contributed by atoms with Gasteiger partial charge in [0.2, 0.25) is 0 Å². The first-order chi connectivity index (χ1) is 10.6. The minimum Gasteiger partial charge on any atom is -0.507 e. The van der Waals surface area contributed by atoms with Gasteiger partial charge in [0.1, 0.15) is 11.6 Å². The first-order valence-corrected chi connectivity index (χ1v) is 8.33. The van der Waals surface area contributed by atoms with Gasteiger partial charge in [-0.25, -0.2) is 4.39 Å². The lowest BCUT2D eigenvalue weighted by Gasteiger charge is -2.42. The summed E-state index contributed by atoms with van der Waals surface area (Å²) in [5, 5.41) is 10.6. The standard InChI is InChI=1S/C20H22ClFO/c1-19(2)7-8-20(3,4)16-11-17(22)13(10-15(16)19)14-9-12(21)5-6-18(14)23/h5-6,9-11,23H,7-8H2,1-4H3. The fourth-order valence-electron chi connectivity index (χ4n) is 3.52. The molecule has 0 bridgehead atoms. The van der Waals surface area contributed by atoms with E-state index in [1.807, 2.05) is 6.07 Å². The smallest absolute Gasteiger partial charge is 0.131 e. The van der Waals surface area contributed by atoms with Crippen molar-refractivity contribution >= 4 is 11.6 Å². The zero-order valence-electron chi connectivity index (χ0n) is 14.0. The van der Waals surface area contributed by atoms with Crippen LogP contribution in [0.25, 0.3) is 11.1 Å². The van der Waals surface area contributed by atoms with Gasteiger partial charge in [-0.05, 0) is 65.1 Å². The maximum Gasteiger partial charge on any atom is 0.131 e. The van der Waals surface area contributed by atoms with Crippen LogP contribution in [0.4, 0.5) is 4.39 Å². The van der Waals surface area contributed by atoms with Gasteiger partial charge in [-0.1, -0.05) is 39.3 Å². The summed E-state index contributed by atoms with van der Waals surface area (Å²) in [5.41, 5.74) is 3.02. The number of aromatic hydroxyl groups is 1. The molecular weight excluding hydrogens is 311 g/mol. The molecule has 2 aromatic carbocycles. The van der Waals surface area contributed by atoms with Gasteiger partial charge in [-0.2, -0.15) is 0 Å². The Labute approximate surface area is 142 Å². The SMILES string of the molecule is CC1(C)CCC(C)(C)c2cc(-c3cc(Cl)ccc3O)c(F)cc21. The molecule has 0 amide bonds. The van der Waals surface area contributed by atoms with Crippen LogP contribution in [-0.2, 0) is 10.8 Å². The Kier molecular flexibility index (Phi) is 3.72. The molecule has 1 nitrogen and oxygen atoms in total. The van der Waals surface area contributed by atoms with Gasteiger partial charge in [0.15, 0.2) is 0 Å². The number of hydrogen-bond acceptors (Lipinski definition) is 1. The van der Waals surface area contributed by atoms with Gasteiger partial charge in [0.05, 0.1) is 0 Å². The van der Waals surface area contributed by atoms with Crippen molar-refractivity contribution in [2.75, 3.05) is 0 Å². The van der Waals surface area contributed by atoms with Crippen molar-refractivity contribution in [3.05, 3.63) is 52.3 Å². The Balaban J connectivity index is 2.28. The second-order valence-electron chi connectivity index (χ2n) is 7.81. The molecule has 0 saturated carbocycles. The molecular formula is C20H22ClFO. The van der Waals surface area contributed by atoms with E-state index in [1.165, 1.54) is 6.07 Å². The molecule has 0 spiro atoms. The van der Waals surface area contributed by atoms with Crippen LogP contribution in [0.3, 0.4) is 0 Å². The first kappa shape index (κ1) is 16.3. The molecule has 0 saturated heterocycles. The number of phenolic OH excluding ortho intramolecular Hbond substituents is 1. The topological polar surface area (TPSA) is 20.2 Å². The third-order valence-corrected chi connectivity index (χ3v) is 5.42. The van der Waals surface area contributed by atoms with Crippen molar-refractivity contribution in [1.82, 2.24) is 0 Å². The molecule has 3 rings (SSSR count). The lowest BCUT2D eigenvalue weighted by Crippen LogP contribution is -2.34. The quantitative estimate of drug-likeness (QED) is 0.659. The monoisotopic (exact) mass is 332 g/mol. The lowest BCUT2D eigenvalue weighted by molar-refractivity contribution is 0.330. The van der Waals surface area contributed by atoms with Crippen molar-refractivity contribution in [3.63, 3.8) is 0 Å². The zero-order chi connectivity index (χ0) is 17.0. The molecule has 1 aliphatic rings. The van der Waals surface area contributed by atoms with E-state index in [4.69, 9.17) is 11.6 Å². The minimum atomic E-state index is -0.313. The Morgan fingerprint density at radius 2 is 1.48 bits per heavy atom. The van der Waals surface area contributed by atoms with Crippen LogP contribution in [-0.4, -0.2) is 5.11 Å². The summed E-state index contributed by atoms with van der Waals surface area (Å²) in [7, 11) is 0. The van der Waals surface area contributed by atoms with E-state index in [9.17, 15) is 9.50 Å². The summed E-state index contributed by atoms with van der Waals surface area (Å²) in [4.78, 5) is 0. The Morgan fingerprint density at radius 3 is 2.09 bits per heavy atom. The molecule has 23 heavy (non-hydrogen) atoms. The zero-order valence-corrected chi connectivity index (χ0v) is 14.8. The average molecular weight is 333 g/mol. The van der Waals surface area contributed by atoms with Crippen LogP contribution >= 0.6 is 11.6 Å². The third kappa shape index (κ3) is 2.74. The number of rotatable bonds is 1. The van der Waals surface area contributed by atoms with E-state index in [1.54, 1.807) is 18.2 Å². The first-order valence-electron chi connectivity index (χ1n) is 7.95. The summed E-state index contributed by atoms with van der Waals surface area (Å²) < 4.78 is 14.8. The highest BCUT2D eigenvalue weighted by molar-refractivity contribution is 6.31. The van der Waals surface area contributed by atoms with Gasteiger partial charge in [0, 0.05) is 16.1 Å². The molecule has 0 fully saturated rings. The molecule has 1 aliphatic carbocycles. The predicted molar refractivity (Wildman–Crippen MR) is 93.8 cm³/mol. The fraction of sp³-hybridized carbons (Fsp3) is 0.400. The highest BCUT2D eigenvalue weighted by Gasteiger charge is 2.38. The van der Waals surface area contributed by atoms with Crippen LogP contribution < -0.4 is 0 Å². The normalized spacial score (nSPS) is 18.5. The number of halogens is 2. The Bertz CT molecular complexity index is 777. The second kappa shape index (κ2) is 5.24. The summed E-state index contributed by atoms with van der Waals surface area (Å²) >= 11 is 6.03. The van der Waals surface area contributed by atoms with Crippen molar-refractivity contribution in [1.29, 1.82) is 0 Å². The Hall–Kier alpha value is -1.54. The predicted octanol–water partition coefficient (Wildman–Crippen LogP) is 6.20. The number of phenols is 1. The van der Waals surface area contributed by atoms with E-state index < -0.39 is 0 Å². The van der Waals surface area contributed by atoms with Crippen LogP contribution in [0.5, 0.6) is 5.75 Å². The molecule has 0 aromatic heterocycles. The minimum absolute atomic E-state index is 0.0124. The van der Waals surface area contributed by atoms with Crippen LogP contribution in [0.15, 0.2) is 30.3 Å². The highest BCUT2D eigenvalue weighted by Crippen LogP contribution is 2.48. The van der Waals surface area contributed by atoms with Crippen molar-refractivity contribution in [2.24, 2.45) is 0 Å². The average Bonchev–Trinajstić information content (AvgIpc) is 2.46.